The van der Waals surface area contributed by atoms with Gasteiger partial charge in [0.25, 0.3) is 5.91 Å². The highest BCUT2D eigenvalue weighted by atomic mass is 35.5. The molecule has 0 atom stereocenters. The number of amides is 1. The highest BCUT2D eigenvalue weighted by Gasteiger charge is 2.11. The molecular weight excluding hydrogens is 290 g/mol. The van der Waals surface area contributed by atoms with Gasteiger partial charge in [-0.2, -0.15) is 0 Å². The zero-order chi connectivity index (χ0) is 14.0. The van der Waals surface area contributed by atoms with Gasteiger partial charge in [-0.15, -0.1) is 0 Å². The van der Waals surface area contributed by atoms with Gasteiger partial charge in [0, 0.05) is 16.4 Å². The van der Waals surface area contributed by atoms with Crippen molar-refractivity contribution in [2.24, 2.45) is 0 Å². The molecule has 0 saturated heterocycles. The van der Waals surface area contributed by atoms with E-state index in [9.17, 15) is 9.18 Å². The molecule has 0 unspecified atom stereocenters. The first-order valence-corrected chi connectivity index (χ1v) is 6.04. The molecule has 0 aromatic heterocycles. The summed E-state index contributed by atoms with van der Waals surface area (Å²) < 4.78 is 13.1. The molecular formula is C13H9Cl2FN2O. The van der Waals surface area contributed by atoms with Crippen LogP contribution in [0, 0.1) is 5.82 Å². The van der Waals surface area contributed by atoms with Crippen molar-refractivity contribution in [3.63, 3.8) is 0 Å². The second kappa shape index (κ2) is 5.47. The average Bonchev–Trinajstić information content (AvgIpc) is 2.26. The van der Waals surface area contributed by atoms with Crippen molar-refractivity contribution in [3.8, 4) is 0 Å². The van der Waals surface area contributed by atoms with Gasteiger partial charge < -0.3 is 11.1 Å². The molecule has 0 aliphatic rings. The zero-order valence-corrected chi connectivity index (χ0v) is 11.1. The minimum absolute atomic E-state index is 0.217. The Hall–Kier alpha value is -1.78. The van der Waals surface area contributed by atoms with Gasteiger partial charge in [-0.1, -0.05) is 23.2 Å². The maximum Gasteiger partial charge on any atom is 0.257 e. The number of anilines is 2. The quantitative estimate of drug-likeness (QED) is 0.824. The second-order valence-electron chi connectivity index (χ2n) is 3.85. The van der Waals surface area contributed by atoms with E-state index in [1.807, 2.05) is 0 Å². The summed E-state index contributed by atoms with van der Waals surface area (Å²) in [5, 5.41) is 3.16. The molecule has 0 spiro atoms. The Balaban J connectivity index is 2.25. The summed E-state index contributed by atoms with van der Waals surface area (Å²) in [5.41, 5.74) is 6.21. The van der Waals surface area contributed by atoms with Gasteiger partial charge in [0.05, 0.1) is 10.6 Å². The van der Waals surface area contributed by atoms with Crippen molar-refractivity contribution in [2.45, 2.75) is 0 Å². The SMILES string of the molecule is Nc1cc(F)cc(NC(=O)c2ccc(Cl)cc2Cl)c1. The lowest BCUT2D eigenvalue weighted by molar-refractivity contribution is 0.102. The number of rotatable bonds is 2. The molecule has 98 valence electrons. The third-order valence-electron chi connectivity index (χ3n) is 2.35. The maximum absolute atomic E-state index is 13.1. The fourth-order valence-electron chi connectivity index (χ4n) is 1.56. The first-order chi connectivity index (χ1) is 8.95. The van der Waals surface area contributed by atoms with E-state index in [1.165, 1.54) is 18.2 Å². The second-order valence-corrected chi connectivity index (χ2v) is 4.70. The van der Waals surface area contributed by atoms with Crippen LogP contribution >= 0.6 is 23.2 Å². The molecule has 0 radical (unpaired) electrons. The van der Waals surface area contributed by atoms with Crippen LogP contribution in [0.2, 0.25) is 10.0 Å². The Kier molecular flexibility index (Phi) is 3.93. The fraction of sp³-hybridized carbons (Fsp3) is 0. The van der Waals surface area contributed by atoms with E-state index in [0.29, 0.717) is 5.02 Å². The van der Waals surface area contributed by atoms with Crippen LogP contribution in [0.5, 0.6) is 0 Å². The van der Waals surface area contributed by atoms with Crippen molar-refractivity contribution in [1.29, 1.82) is 0 Å². The third kappa shape index (κ3) is 3.36. The number of halogens is 3. The van der Waals surface area contributed by atoms with Crippen molar-refractivity contribution in [2.75, 3.05) is 11.1 Å². The minimum Gasteiger partial charge on any atom is -0.399 e. The van der Waals surface area contributed by atoms with Crippen LogP contribution in [0.15, 0.2) is 36.4 Å². The molecule has 1 amide bonds. The van der Waals surface area contributed by atoms with Crippen molar-refractivity contribution in [3.05, 3.63) is 57.8 Å². The minimum atomic E-state index is -0.530. The van der Waals surface area contributed by atoms with Gasteiger partial charge >= 0.3 is 0 Å². The Labute approximate surface area is 119 Å². The summed E-state index contributed by atoms with van der Waals surface area (Å²) in [6.45, 7) is 0. The number of hydrogen-bond donors (Lipinski definition) is 2. The van der Waals surface area contributed by atoms with E-state index in [2.05, 4.69) is 5.32 Å². The Morgan fingerprint density at radius 2 is 1.89 bits per heavy atom. The van der Waals surface area contributed by atoms with E-state index in [-0.39, 0.29) is 22.0 Å². The summed E-state index contributed by atoms with van der Waals surface area (Å²) in [4.78, 5) is 12.0. The number of nitrogens with one attached hydrogen (secondary N) is 1. The van der Waals surface area contributed by atoms with Crippen LogP contribution in [-0.4, -0.2) is 5.91 Å². The molecule has 0 fully saturated rings. The number of hydrogen-bond acceptors (Lipinski definition) is 2. The van der Waals surface area contributed by atoms with Gasteiger partial charge in [0.2, 0.25) is 0 Å². The lowest BCUT2D eigenvalue weighted by atomic mass is 10.2. The number of nitrogens with two attached hydrogens (primary N) is 1. The van der Waals surface area contributed by atoms with Gasteiger partial charge in [-0.3, -0.25) is 4.79 Å². The molecule has 0 aliphatic heterocycles. The average molecular weight is 299 g/mol. The zero-order valence-electron chi connectivity index (χ0n) is 9.58. The smallest absolute Gasteiger partial charge is 0.257 e. The molecule has 2 aromatic carbocycles. The summed E-state index contributed by atoms with van der Waals surface area (Å²) in [7, 11) is 0. The van der Waals surface area contributed by atoms with E-state index in [4.69, 9.17) is 28.9 Å². The fourth-order valence-corrected chi connectivity index (χ4v) is 2.05. The van der Waals surface area contributed by atoms with Gasteiger partial charge in [-0.25, -0.2) is 4.39 Å². The predicted octanol–water partition coefficient (Wildman–Crippen LogP) is 3.97. The molecule has 2 aromatic rings. The molecule has 0 bridgehead atoms. The highest BCUT2D eigenvalue weighted by Crippen LogP contribution is 2.23. The van der Waals surface area contributed by atoms with Crippen LogP contribution in [-0.2, 0) is 0 Å². The lowest BCUT2D eigenvalue weighted by Crippen LogP contribution is -2.12. The summed E-state index contributed by atoms with van der Waals surface area (Å²) >= 11 is 11.7. The normalized spacial score (nSPS) is 10.3. The van der Waals surface area contributed by atoms with Crippen molar-refractivity contribution >= 4 is 40.5 Å². The number of benzene rings is 2. The van der Waals surface area contributed by atoms with E-state index in [0.717, 1.165) is 12.1 Å². The maximum atomic E-state index is 13.1. The number of carbonyl (C=O) groups is 1. The van der Waals surface area contributed by atoms with E-state index < -0.39 is 11.7 Å². The van der Waals surface area contributed by atoms with Gasteiger partial charge in [0.15, 0.2) is 0 Å². The first-order valence-electron chi connectivity index (χ1n) is 5.28. The monoisotopic (exact) mass is 298 g/mol. The molecule has 0 saturated carbocycles. The molecule has 3 N–H and O–H groups in total. The largest absolute Gasteiger partial charge is 0.399 e. The van der Waals surface area contributed by atoms with E-state index >= 15 is 0 Å². The van der Waals surface area contributed by atoms with Crippen LogP contribution in [0.3, 0.4) is 0 Å². The summed E-state index contributed by atoms with van der Waals surface area (Å²) in [6, 6.07) is 8.26. The molecule has 0 aliphatic carbocycles. The van der Waals surface area contributed by atoms with Crippen LogP contribution < -0.4 is 11.1 Å². The Morgan fingerprint density at radius 3 is 2.53 bits per heavy atom. The molecule has 0 heterocycles. The van der Waals surface area contributed by atoms with Crippen LogP contribution in [0.1, 0.15) is 10.4 Å². The first kappa shape index (κ1) is 13.6. The van der Waals surface area contributed by atoms with Crippen LogP contribution in [0.4, 0.5) is 15.8 Å². The van der Waals surface area contributed by atoms with E-state index in [1.54, 1.807) is 6.07 Å². The lowest BCUT2D eigenvalue weighted by Gasteiger charge is -2.08. The molecule has 19 heavy (non-hydrogen) atoms. The standard InChI is InChI=1S/C13H9Cl2FN2O/c14-7-1-2-11(12(15)3-7)13(19)18-10-5-8(16)4-9(17)6-10/h1-6H,17H2,(H,18,19). The van der Waals surface area contributed by atoms with Crippen molar-refractivity contribution in [1.82, 2.24) is 0 Å². The molecule has 2 rings (SSSR count). The highest BCUT2D eigenvalue weighted by molar-refractivity contribution is 6.37. The number of carbonyl (C=O) groups excluding carboxylic acids is 1. The summed E-state index contributed by atoms with van der Waals surface area (Å²) in [6.07, 6.45) is 0. The summed E-state index contributed by atoms with van der Waals surface area (Å²) in [5.74, 6) is -0.996. The predicted molar refractivity (Wildman–Crippen MR) is 75.2 cm³/mol. The third-order valence-corrected chi connectivity index (χ3v) is 2.90. The van der Waals surface area contributed by atoms with Gasteiger partial charge in [-0.05, 0) is 36.4 Å². The number of nitrogen functional groups attached to an aromatic ring is 1. The topological polar surface area (TPSA) is 55.1 Å². The molecule has 3 nitrogen and oxygen atoms in total. The Morgan fingerprint density at radius 1 is 1.16 bits per heavy atom. The van der Waals surface area contributed by atoms with Gasteiger partial charge in [0.1, 0.15) is 5.82 Å². The Bertz CT molecular complexity index is 626. The molecule has 6 heteroatoms. The van der Waals surface area contributed by atoms with Crippen LogP contribution in [0.25, 0.3) is 0 Å². The van der Waals surface area contributed by atoms with Crippen molar-refractivity contribution < 1.29 is 9.18 Å².